The average Bonchev–Trinajstić information content (AvgIpc) is 3.15. The van der Waals surface area contributed by atoms with Crippen LogP contribution in [-0.2, 0) is 11.3 Å². The number of pyridine rings is 1. The van der Waals surface area contributed by atoms with Crippen molar-refractivity contribution in [1.82, 2.24) is 9.88 Å². The van der Waals surface area contributed by atoms with E-state index in [9.17, 15) is 14.9 Å². The molecule has 8 nitrogen and oxygen atoms in total. The number of hydrogen-bond donors (Lipinski definition) is 1. The van der Waals surface area contributed by atoms with Gasteiger partial charge in [0.15, 0.2) is 0 Å². The van der Waals surface area contributed by atoms with Crippen molar-refractivity contribution in [3.8, 4) is 0 Å². The Bertz CT molecular complexity index is 763. The van der Waals surface area contributed by atoms with Gasteiger partial charge in [-0.1, -0.05) is 12.1 Å². The molecular formula is C18H20N4O4. The molecule has 2 heterocycles. The molecule has 2 amide bonds. The maximum absolute atomic E-state index is 12.8. The van der Waals surface area contributed by atoms with E-state index in [4.69, 9.17) is 4.74 Å². The summed E-state index contributed by atoms with van der Waals surface area (Å²) in [5.74, 6) is 0. The number of amides is 2. The molecule has 1 aromatic carbocycles. The number of anilines is 1. The minimum absolute atomic E-state index is 0.00234. The number of urea groups is 1. The fraction of sp³-hybridized carbons (Fsp3) is 0.333. The van der Waals surface area contributed by atoms with Crippen LogP contribution >= 0.6 is 0 Å². The lowest BCUT2D eigenvalue weighted by Crippen LogP contribution is -2.39. The first-order chi connectivity index (χ1) is 12.6. The van der Waals surface area contributed by atoms with E-state index >= 15 is 0 Å². The lowest BCUT2D eigenvalue weighted by Gasteiger charge is -2.25. The number of carbonyl (C=O) groups excluding carboxylic acids is 1. The highest BCUT2D eigenvalue weighted by Crippen LogP contribution is 2.19. The van der Waals surface area contributed by atoms with Gasteiger partial charge < -0.3 is 15.0 Å². The number of nitro benzene ring substituents is 1. The Labute approximate surface area is 150 Å². The normalized spacial score (nSPS) is 16.2. The molecule has 0 unspecified atom stereocenters. The standard InChI is InChI=1S/C18H20N4O4/c23-18(20-15-5-1-6-16(10-15)22(24)25)21(13-17-7-3-9-26-17)12-14-4-2-8-19-11-14/h1-2,4-6,8,10-11,17H,3,7,9,12-13H2,(H,20,23)/t17-/m1/s1. The van der Waals surface area contributed by atoms with Gasteiger partial charge in [-0.25, -0.2) is 4.79 Å². The number of nitrogens with zero attached hydrogens (tertiary/aromatic N) is 3. The van der Waals surface area contributed by atoms with Gasteiger partial charge in [-0.3, -0.25) is 15.1 Å². The summed E-state index contributed by atoms with van der Waals surface area (Å²) in [6.45, 7) is 1.54. The summed E-state index contributed by atoms with van der Waals surface area (Å²) in [6.07, 6.45) is 5.29. The van der Waals surface area contributed by atoms with Crippen LogP contribution in [0.5, 0.6) is 0 Å². The molecule has 8 heteroatoms. The topological polar surface area (TPSA) is 97.6 Å². The van der Waals surface area contributed by atoms with Gasteiger partial charge in [0.05, 0.1) is 11.0 Å². The highest BCUT2D eigenvalue weighted by molar-refractivity contribution is 5.89. The summed E-state index contributed by atoms with van der Waals surface area (Å²) >= 11 is 0. The Balaban J connectivity index is 1.72. The maximum atomic E-state index is 12.8. The van der Waals surface area contributed by atoms with Crippen LogP contribution in [0, 0.1) is 10.1 Å². The van der Waals surface area contributed by atoms with E-state index in [0.717, 1.165) is 18.4 Å². The van der Waals surface area contributed by atoms with Crippen LogP contribution in [0.2, 0.25) is 0 Å². The lowest BCUT2D eigenvalue weighted by atomic mass is 10.2. The lowest BCUT2D eigenvalue weighted by molar-refractivity contribution is -0.384. The molecule has 3 rings (SSSR count). The predicted molar refractivity (Wildman–Crippen MR) is 95.7 cm³/mol. The Kier molecular flexibility index (Phi) is 5.75. The highest BCUT2D eigenvalue weighted by atomic mass is 16.6. The smallest absolute Gasteiger partial charge is 0.322 e. The second-order valence-corrected chi connectivity index (χ2v) is 6.11. The largest absolute Gasteiger partial charge is 0.376 e. The molecular weight excluding hydrogens is 336 g/mol. The van der Waals surface area contributed by atoms with Crippen LogP contribution in [0.25, 0.3) is 0 Å². The number of carbonyl (C=O) groups is 1. The molecule has 1 aliphatic heterocycles. The third-order valence-electron chi connectivity index (χ3n) is 4.14. The molecule has 1 aliphatic rings. The number of benzene rings is 1. The number of hydrogen-bond acceptors (Lipinski definition) is 5. The maximum Gasteiger partial charge on any atom is 0.322 e. The third kappa shape index (κ3) is 4.76. The molecule has 1 aromatic heterocycles. The van der Waals surface area contributed by atoms with Crippen molar-refractivity contribution < 1.29 is 14.5 Å². The molecule has 1 N–H and O–H groups in total. The van der Waals surface area contributed by atoms with E-state index in [1.54, 1.807) is 29.4 Å². The van der Waals surface area contributed by atoms with Gasteiger partial charge in [0.2, 0.25) is 0 Å². The van der Waals surface area contributed by atoms with E-state index in [2.05, 4.69) is 10.3 Å². The molecule has 2 aromatic rings. The van der Waals surface area contributed by atoms with Gasteiger partial charge in [-0.15, -0.1) is 0 Å². The molecule has 0 aliphatic carbocycles. The SMILES string of the molecule is O=C(Nc1cccc([N+](=O)[O-])c1)N(Cc1cccnc1)C[C@H]1CCCO1. The number of nitro groups is 1. The third-order valence-corrected chi connectivity index (χ3v) is 4.14. The fourth-order valence-corrected chi connectivity index (χ4v) is 2.87. The van der Waals surface area contributed by atoms with Crippen LogP contribution in [0.1, 0.15) is 18.4 Å². The van der Waals surface area contributed by atoms with Gasteiger partial charge >= 0.3 is 6.03 Å². The fourth-order valence-electron chi connectivity index (χ4n) is 2.87. The molecule has 1 atom stereocenters. The van der Waals surface area contributed by atoms with Crippen LogP contribution in [0.15, 0.2) is 48.8 Å². The van der Waals surface area contributed by atoms with Crippen LogP contribution in [0.3, 0.4) is 0 Å². The molecule has 0 radical (unpaired) electrons. The van der Waals surface area contributed by atoms with Gasteiger partial charge in [-0.05, 0) is 30.5 Å². The predicted octanol–water partition coefficient (Wildman–Crippen LogP) is 3.20. The molecule has 0 saturated carbocycles. The van der Waals surface area contributed by atoms with Crippen molar-refractivity contribution in [2.45, 2.75) is 25.5 Å². The quantitative estimate of drug-likeness (QED) is 0.633. The zero-order valence-electron chi connectivity index (χ0n) is 14.2. The molecule has 26 heavy (non-hydrogen) atoms. The van der Waals surface area contributed by atoms with E-state index in [0.29, 0.717) is 25.4 Å². The van der Waals surface area contributed by atoms with E-state index in [-0.39, 0.29) is 17.8 Å². The first kappa shape index (κ1) is 17.8. The van der Waals surface area contributed by atoms with E-state index < -0.39 is 4.92 Å². The van der Waals surface area contributed by atoms with Gasteiger partial charge in [0.1, 0.15) is 0 Å². The summed E-state index contributed by atoms with van der Waals surface area (Å²) in [4.78, 5) is 28.9. The molecule has 1 fully saturated rings. The van der Waals surface area contributed by atoms with Gasteiger partial charge in [0, 0.05) is 49.9 Å². The van der Waals surface area contributed by atoms with Crippen LogP contribution in [0.4, 0.5) is 16.2 Å². The van der Waals surface area contributed by atoms with Crippen molar-refractivity contribution in [1.29, 1.82) is 0 Å². The second-order valence-electron chi connectivity index (χ2n) is 6.11. The van der Waals surface area contributed by atoms with Crippen molar-refractivity contribution in [2.75, 3.05) is 18.5 Å². The number of aromatic nitrogens is 1. The van der Waals surface area contributed by atoms with Crippen LogP contribution < -0.4 is 5.32 Å². The Morgan fingerprint density at radius 3 is 2.96 bits per heavy atom. The minimum Gasteiger partial charge on any atom is -0.376 e. The summed E-state index contributed by atoms with van der Waals surface area (Å²) in [5, 5.41) is 13.6. The highest BCUT2D eigenvalue weighted by Gasteiger charge is 2.23. The first-order valence-corrected chi connectivity index (χ1v) is 8.43. The Hall–Kier alpha value is -3.00. The van der Waals surface area contributed by atoms with Crippen LogP contribution in [-0.4, -0.2) is 40.1 Å². The number of nitrogens with one attached hydrogen (secondary N) is 1. The zero-order valence-corrected chi connectivity index (χ0v) is 14.2. The number of rotatable bonds is 6. The molecule has 0 bridgehead atoms. The van der Waals surface area contributed by atoms with E-state index in [1.807, 2.05) is 12.1 Å². The number of non-ortho nitro benzene ring substituents is 1. The Morgan fingerprint density at radius 1 is 1.38 bits per heavy atom. The molecule has 0 spiro atoms. The summed E-state index contributed by atoms with van der Waals surface area (Å²) in [7, 11) is 0. The minimum atomic E-state index is -0.491. The van der Waals surface area contributed by atoms with Gasteiger partial charge in [0.25, 0.3) is 5.69 Å². The van der Waals surface area contributed by atoms with Crippen molar-refractivity contribution in [3.05, 3.63) is 64.5 Å². The molecule has 136 valence electrons. The Morgan fingerprint density at radius 2 is 2.27 bits per heavy atom. The van der Waals surface area contributed by atoms with Gasteiger partial charge in [-0.2, -0.15) is 0 Å². The number of ether oxygens (including phenoxy) is 1. The van der Waals surface area contributed by atoms with Crippen molar-refractivity contribution in [3.63, 3.8) is 0 Å². The monoisotopic (exact) mass is 356 g/mol. The summed E-state index contributed by atoms with van der Waals surface area (Å²) in [5.41, 5.74) is 1.22. The summed E-state index contributed by atoms with van der Waals surface area (Å²) in [6, 6.07) is 9.28. The van der Waals surface area contributed by atoms with E-state index in [1.165, 1.54) is 12.1 Å². The van der Waals surface area contributed by atoms with Crippen molar-refractivity contribution in [2.24, 2.45) is 0 Å². The summed E-state index contributed by atoms with van der Waals surface area (Å²) < 4.78 is 5.65. The average molecular weight is 356 g/mol. The zero-order chi connectivity index (χ0) is 18.4. The molecule has 1 saturated heterocycles. The van der Waals surface area contributed by atoms with Crippen molar-refractivity contribution >= 4 is 17.4 Å². The first-order valence-electron chi connectivity index (χ1n) is 8.43. The second kappa shape index (κ2) is 8.39.